The molecule has 0 aliphatic carbocycles. The van der Waals surface area contributed by atoms with Crippen LogP contribution < -0.4 is 11.1 Å². The number of thiazole rings is 1. The minimum Gasteiger partial charge on any atom is -0.375 e. The Hall–Kier alpha value is -1.14. The third-order valence-corrected chi connectivity index (χ3v) is 2.93. The Kier molecular flexibility index (Phi) is 5.37. The first kappa shape index (κ1) is 13.9. The fourth-order valence-corrected chi connectivity index (χ4v) is 2.10. The lowest BCUT2D eigenvalue weighted by Gasteiger charge is -2.15. The van der Waals surface area contributed by atoms with Crippen LogP contribution in [-0.4, -0.2) is 35.9 Å². The third-order valence-electron chi connectivity index (χ3n) is 2.12. The normalized spacial score (nSPS) is 11.1. The number of carbonyl (C=O) groups is 1. The van der Waals surface area contributed by atoms with Gasteiger partial charge in [-0.15, -0.1) is 11.3 Å². The van der Waals surface area contributed by atoms with Crippen molar-refractivity contribution >= 4 is 22.4 Å². The molecule has 0 saturated carbocycles. The number of nitrogens with one attached hydrogen (secondary N) is 1. The molecule has 96 valence electrons. The van der Waals surface area contributed by atoms with Crippen LogP contribution >= 0.6 is 11.3 Å². The van der Waals surface area contributed by atoms with E-state index < -0.39 is 0 Å². The smallest absolute Gasteiger partial charge is 0.234 e. The topological polar surface area (TPSA) is 71.2 Å². The molecule has 17 heavy (non-hydrogen) atoms. The molecule has 0 atom stereocenters. The van der Waals surface area contributed by atoms with Gasteiger partial charge in [-0.05, 0) is 13.0 Å². The van der Waals surface area contributed by atoms with Gasteiger partial charge in [-0.3, -0.25) is 9.69 Å². The third kappa shape index (κ3) is 5.65. The number of likely N-dealkylation sites (N-methyl/N-ethyl adjacent to an activating group) is 1. The van der Waals surface area contributed by atoms with Crippen LogP contribution in [0.4, 0.5) is 5.13 Å². The van der Waals surface area contributed by atoms with E-state index >= 15 is 0 Å². The van der Waals surface area contributed by atoms with Crippen LogP contribution in [0.15, 0.2) is 6.20 Å². The molecule has 3 N–H and O–H groups in total. The summed E-state index contributed by atoms with van der Waals surface area (Å²) in [6, 6.07) is 0. The molecular weight excluding hydrogens is 236 g/mol. The van der Waals surface area contributed by atoms with E-state index in [1.165, 1.54) is 11.3 Å². The molecule has 1 amide bonds. The van der Waals surface area contributed by atoms with Crippen molar-refractivity contribution in [3.63, 3.8) is 0 Å². The van der Waals surface area contributed by atoms with Crippen LogP contribution in [0.25, 0.3) is 0 Å². The van der Waals surface area contributed by atoms with Gasteiger partial charge >= 0.3 is 0 Å². The fraction of sp³-hybridized carbons (Fsp3) is 0.636. The van der Waals surface area contributed by atoms with Crippen LogP contribution in [-0.2, 0) is 11.3 Å². The summed E-state index contributed by atoms with van der Waals surface area (Å²) in [5.41, 5.74) is 5.55. The molecule has 0 unspecified atom stereocenters. The van der Waals surface area contributed by atoms with Crippen molar-refractivity contribution in [3.05, 3.63) is 11.1 Å². The summed E-state index contributed by atoms with van der Waals surface area (Å²) in [6.45, 7) is 5.96. The molecule has 0 aliphatic rings. The van der Waals surface area contributed by atoms with Crippen molar-refractivity contribution in [1.82, 2.24) is 15.2 Å². The lowest BCUT2D eigenvalue weighted by Crippen LogP contribution is -2.36. The molecule has 5 nitrogen and oxygen atoms in total. The maximum absolute atomic E-state index is 11.6. The van der Waals surface area contributed by atoms with E-state index in [1.54, 1.807) is 6.20 Å². The van der Waals surface area contributed by atoms with Crippen molar-refractivity contribution in [2.24, 2.45) is 5.92 Å². The molecule has 0 radical (unpaired) electrons. The predicted molar refractivity (Wildman–Crippen MR) is 70.7 cm³/mol. The highest BCUT2D eigenvalue weighted by molar-refractivity contribution is 7.15. The Morgan fingerprint density at radius 3 is 2.88 bits per heavy atom. The summed E-state index contributed by atoms with van der Waals surface area (Å²) in [7, 11) is 1.91. The quantitative estimate of drug-likeness (QED) is 0.794. The highest BCUT2D eigenvalue weighted by Gasteiger charge is 2.08. The van der Waals surface area contributed by atoms with E-state index in [0.29, 0.717) is 24.1 Å². The molecule has 0 bridgehead atoms. The van der Waals surface area contributed by atoms with Crippen LogP contribution in [0.1, 0.15) is 18.7 Å². The number of nitrogens with zero attached hydrogens (tertiary/aromatic N) is 2. The van der Waals surface area contributed by atoms with E-state index in [4.69, 9.17) is 5.73 Å². The summed E-state index contributed by atoms with van der Waals surface area (Å²) in [6.07, 6.45) is 1.75. The van der Waals surface area contributed by atoms with Crippen molar-refractivity contribution in [2.45, 2.75) is 20.4 Å². The number of amides is 1. The average molecular weight is 256 g/mol. The maximum Gasteiger partial charge on any atom is 0.234 e. The van der Waals surface area contributed by atoms with E-state index in [0.717, 1.165) is 11.4 Å². The Balaban J connectivity index is 2.29. The van der Waals surface area contributed by atoms with Gasteiger partial charge in [-0.1, -0.05) is 13.8 Å². The van der Waals surface area contributed by atoms with Crippen LogP contribution in [0.2, 0.25) is 0 Å². The number of aromatic nitrogens is 1. The minimum atomic E-state index is 0.0543. The Labute approximate surface area is 106 Å². The second kappa shape index (κ2) is 6.56. The molecule has 0 aliphatic heterocycles. The van der Waals surface area contributed by atoms with Gasteiger partial charge in [0, 0.05) is 24.2 Å². The first-order valence-electron chi connectivity index (χ1n) is 5.62. The molecule has 0 fully saturated rings. The predicted octanol–water partition coefficient (Wildman–Crippen LogP) is 0.929. The van der Waals surface area contributed by atoms with Gasteiger partial charge < -0.3 is 11.1 Å². The average Bonchev–Trinajstić information content (AvgIpc) is 2.60. The molecule has 1 aromatic heterocycles. The van der Waals surface area contributed by atoms with Crippen LogP contribution in [0, 0.1) is 5.92 Å². The Morgan fingerprint density at radius 1 is 1.65 bits per heavy atom. The summed E-state index contributed by atoms with van der Waals surface area (Å²) in [4.78, 5) is 18.6. The highest BCUT2D eigenvalue weighted by atomic mass is 32.1. The van der Waals surface area contributed by atoms with Gasteiger partial charge in [0.05, 0.1) is 6.54 Å². The van der Waals surface area contributed by atoms with E-state index in [9.17, 15) is 4.79 Å². The number of anilines is 1. The fourth-order valence-electron chi connectivity index (χ4n) is 1.34. The van der Waals surface area contributed by atoms with E-state index in [-0.39, 0.29) is 5.91 Å². The second-order valence-electron chi connectivity index (χ2n) is 4.54. The monoisotopic (exact) mass is 256 g/mol. The van der Waals surface area contributed by atoms with Gasteiger partial charge in [-0.25, -0.2) is 4.98 Å². The highest BCUT2D eigenvalue weighted by Crippen LogP contribution is 2.15. The first-order chi connectivity index (χ1) is 7.97. The lowest BCUT2D eigenvalue weighted by molar-refractivity contribution is -0.122. The zero-order chi connectivity index (χ0) is 12.8. The summed E-state index contributed by atoms with van der Waals surface area (Å²) >= 11 is 1.45. The largest absolute Gasteiger partial charge is 0.375 e. The zero-order valence-corrected chi connectivity index (χ0v) is 11.4. The van der Waals surface area contributed by atoms with E-state index in [2.05, 4.69) is 24.1 Å². The van der Waals surface area contributed by atoms with Crippen molar-refractivity contribution < 1.29 is 4.79 Å². The molecule has 0 aromatic carbocycles. The SMILES string of the molecule is CC(C)CNC(=O)CN(C)Cc1cnc(N)s1. The number of nitrogen functional groups attached to an aromatic ring is 1. The summed E-state index contributed by atoms with van der Waals surface area (Å²) < 4.78 is 0. The first-order valence-corrected chi connectivity index (χ1v) is 6.44. The van der Waals surface area contributed by atoms with Gasteiger partial charge in [-0.2, -0.15) is 0 Å². The lowest BCUT2D eigenvalue weighted by atomic mass is 10.2. The number of nitrogens with two attached hydrogens (primary N) is 1. The second-order valence-corrected chi connectivity index (χ2v) is 5.68. The van der Waals surface area contributed by atoms with Gasteiger partial charge in [0.15, 0.2) is 5.13 Å². The number of hydrogen-bond donors (Lipinski definition) is 2. The van der Waals surface area contributed by atoms with E-state index in [1.807, 2.05) is 11.9 Å². The molecule has 1 heterocycles. The van der Waals surface area contributed by atoms with Crippen LogP contribution in [0.3, 0.4) is 0 Å². The Morgan fingerprint density at radius 2 is 2.35 bits per heavy atom. The summed E-state index contributed by atoms with van der Waals surface area (Å²) in [5, 5.41) is 3.45. The molecule has 0 spiro atoms. The molecule has 1 aromatic rings. The molecule has 0 saturated heterocycles. The van der Waals surface area contributed by atoms with Gasteiger partial charge in [0.2, 0.25) is 5.91 Å². The number of carbonyl (C=O) groups excluding carboxylic acids is 1. The van der Waals surface area contributed by atoms with Crippen molar-refractivity contribution in [3.8, 4) is 0 Å². The minimum absolute atomic E-state index is 0.0543. The summed E-state index contributed by atoms with van der Waals surface area (Å²) in [5.74, 6) is 0.532. The Bertz CT molecular complexity index is 364. The molecule has 6 heteroatoms. The van der Waals surface area contributed by atoms with Gasteiger partial charge in [0.1, 0.15) is 0 Å². The standard InChI is InChI=1S/C11H20N4OS/c1-8(2)4-13-10(16)7-15(3)6-9-5-14-11(12)17-9/h5,8H,4,6-7H2,1-3H3,(H2,12,14)(H,13,16). The number of hydrogen-bond acceptors (Lipinski definition) is 5. The molecule has 1 rings (SSSR count). The maximum atomic E-state index is 11.6. The van der Waals surface area contributed by atoms with Crippen molar-refractivity contribution in [1.29, 1.82) is 0 Å². The molecular formula is C11H20N4OS. The van der Waals surface area contributed by atoms with Gasteiger partial charge in [0.25, 0.3) is 0 Å². The number of rotatable bonds is 6. The van der Waals surface area contributed by atoms with Crippen molar-refractivity contribution in [2.75, 3.05) is 25.9 Å². The van der Waals surface area contributed by atoms with Crippen LogP contribution in [0.5, 0.6) is 0 Å². The zero-order valence-electron chi connectivity index (χ0n) is 10.6.